The van der Waals surface area contributed by atoms with Gasteiger partial charge in [-0.3, -0.25) is 9.59 Å². The van der Waals surface area contributed by atoms with Crippen LogP contribution in [0.25, 0.3) is 0 Å². The van der Waals surface area contributed by atoms with Gasteiger partial charge in [-0.2, -0.15) is 0 Å². The van der Waals surface area contributed by atoms with Gasteiger partial charge >= 0.3 is 0 Å². The summed E-state index contributed by atoms with van der Waals surface area (Å²) in [5.41, 5.74) is 2.18. The van der Waals surface area contributed by atoms with Crippen LogP contribution >= 0.6 is 0 Å². The predicted octanol–water partition coefficient (Wildman–Crippen LogP) is 4.49. The SMILES string of the molecule is CCC(C)NC(=O)C(C)N(Cc1ccc(C)cc1)C(=O)CCCOc1ccccc1. The molecule has 2 amide bonds. The Labute approximate surface area is 180 Å². The van der Waals surface area contributed by atoms with Gasteiger partial charge in [-0.05, 0) is 51.3 Å². The van der Waals surface area contributed by atoms with Crippen LogP contribution in [-0.2, 0) is 16.1 Å². The molecule has 5 nitrogen and oxygen atoms in total. The zero-order valence-corrected chi connectivity index (χ0v) is 18.6. The lowest BCUT2D eigenvalue weighted by Gasteiger charge is -2.30. The van der Waals surface area contributed by atoms with Gasteiger partial charge in [0.25, 0.3) is 0 Å². The summed E-state index contributed by atoms with van der Waals surface area (Å²) in [5, 5.41) is 2.99. The molecule has 0 aromatic heterocycles. The van der Waals surface area contributed by atoms with Crippen LogP contribution in [-0.4, -0.2) is 35.4 Å². The van der Waals surface area contributed by atoms with Crippen LogP contribution < -0.4 is 10.1 Å². The lowest BCUT2D eigenvalue weighted by Crippen LogP contribution is -2.49. The smallest absolute Gasteiger partial charge is 0.242 e. The highest BCUT2D eigenvalue weighted by Gasteiger charge is 2.26. The number of aryl methyl sites for hydroxylation is 1. The van der Waals surface area contributed by atoms with Crippen LogP contribution in [0, 0.1) is 6.92 Å². The van der Waals surface area contributed by atoms with Gasteiger partial charge in [0.15, 0.2) is 0 Å². The molecule has 0 bridgehead atoms. The van der Waals surface area contributed by atoms with Crippen molar-refractivity contribution < 1.29 is 14.3 Å². The first-order chi connectivity index (χ1) is 14.4. The maximum absolute atomic E-state index is 13.0. The summed E-state index contributed by atoms with van der Waals surface area (Å²) in [6.45, 7) is 8.69. The Bertz CT molecular complexity index is 790. The van der Waals surface area contributed by atoms with Crippen molar-refractivity contribution in [1.82, 2.24) is 10.2 Å². The van der Waals surface area contributed by atoms with Crippen LogP contribution in [0.5, 0.6) is 5.75 Å². The number of ether oxygens (including phenoxy) is 1. The van der Waals surface area contributed by atoms with E-state index in [0.717, 1.165) is 23.3 Å². The minimum atomic E-state index is -0.539. The molecular weight excluding hydrogens is 376 g/mol. The Morgan fingerprint density at radius 1 is 1.03 bits per heavy atom. The summed E-state index contributed by atoms with van der Waals surface area (Å²) in [6.07, 6.45) is 1.78. The lowest BCUT2D eigenvalue weighted by atomic mass is 10.1. The van der Waals surface area contributed by atoms with Crippen LogP contribution in [0.2, 0.25) is 0 Å². The third-order valence-corrected chi connectivity index (χ3v) is 5.19. The molecule has 0 aliphatic rings. The van der Waals surface area contributed by atoms with Crippen molar-refractivity contribution in [3.8, 4) is 5.75 Å². The number of benzene rings is 2. The molecule has 1 N–H and O–H groups in total. The van der Waals surface area contributed by atoms with Crippen molar-refractivity contribution in [3.63, 3.8) is 0 Å². The number of para-hydroxylation sites is 1. The van der Waals surface area contributed by atoms with Gasteiger partial charge in [-0.25, -0.2) is 0 Å². The van der Waals surface area contributed by atoms with E-state index < -0.39 is 6.04 Å². The fraction of sp³-hybridized carbons (Fsp3) is 0.440. The normalized spacial score (nSPS) is 12.7. The van der Waals surface area contributed by atoms with Crippen molar-refractivity contribution in [3.05, 3.63) is 65.7 Å². The Kier molecular flexibility index (Phi) is 9.39. The molecule has 2 rings (SSSR count). The second-order valence-corrected chi connectivity index (χ2v) is 7.77. The minimum Gasteiger partial charge on any atom is -0.494 e. The number of amides is 2. The summed E-state index contributed by atoms with van der Waals surface area (Å²) < 4.78 is 5.69. The van der Waals surface area contributed by atoms with Crippen LogP contribution in [0.3, 0.4) is 0 Å². The summed E-state index contributed by atoms with van der Waals surface area (Å²) in [7, 11) is 0. The zero-order chi connectivity index (χ0) is 21.9. The average molecular weight is 411 g/mol. The molecule has 2 atom stereocenters. The zero-order valence-electron chi connectivity index (χ0n) is 18.6. The molecular formula is C25H34N2O3. The van der Waals surface area contributed by atoms with Gasteiger partial charge in [0.05, 0.1) is 6.61 Å². The van der Waals surface area contributed by atoms with Gasteiger partial charge in [0.2, 0.25) is 11.8 Å². The number of rotatable bonds is 11. The van der Waals surface area contributed by atoms with Crippen molar-refractivity contribution >= 4 is 11.8 Å². The predicted molar refractivity (Wildman–Crippen MR) is 120 cm³/mol. The Morgan fingerprint density at radius 3 is 2.33 bits per heavy atom. The summed E-state index contributed by atoms with van der Waals surface area (Å²) >= 11 is 0. The van der Waals surface area contributed by atoms with Crippen molar-refractivity contribution in [2.45, 2.75) is 65.6 Å². The number of nitrogens with zero attached hydrogens (tertiary/aromatic N) is 1. The van der Waals surface area contributed by atoms with Gasteiger partial charge in [0, 0.05) is 19.0 Å². The van der Waals surface area contributed by atoms with E-state index in [1.807, 2.05) is 75.4 Å². The number of nitrogens with one attached hydrogen (secondary N) is 1. The standard InChI is InChI=1S/C25H34N2O3/c1-5-20(3)26-25(29)21(4)27(18-22-15-13-19(2)14-16-22)24(28)12-9-17-30-23-10-7-6-8-11-23/h6-8,10-11,13-16,20-21H,5,9,12,17-18H2,1-4H3,(H,26,29). The Balaban J connectivity index is 2.00. The van der Waals surface area contributed by atoms with Gasteiger partial charge < -0.3 is 15.0 Å². The summed E-state index contributed by atoms with van der Waals surface area (Å²) in [4.78, 5) is 27.4. The fourth-order valence-electron chi connectivity index (χ4n) is 3.01. The van der Waals surface area contributed by atoms with E-state index in [1.165, 1.54) is 0 Å². The molecule has 0 spiro atoms. The van der Waals surface area contributed by atoms with Crippen molar-refractivity contribution in [2.75, 3.05) is 6.61 Å². The molecule has 0 aliphatic carbocycles. The Hall–Kier alpha value is -2.82. The fourth-order valence-corrected chi connectivity index (χ4v) is 3.01. The number of hydrogen-bond donors (Lipinski definition) is 1. The molecule has 0 heterocycles. The molecule has 0 aliphatic heterocycles. The number of carbonyl (C=O) groups excluding carboxylic acids is 2. The molecule has 0 fully saturated rings. The van der Waals surface area contributed by atoms with E-state index >= 15 is 0 Å². The van der Waals surface area contributed by atoms with E-state index in [4.69, 9.17) is 4.74 Å². The first-order valence-corrected chi connectivity index (χ1v) is 10.7. The van der Waals surface area contributed by atoms with E-state index in [1.54, 1.807) is 11.8 Å². The lowest BCUT2D eigenvalue weighted by molar-refractivity contribution is -0.141. The highest BCUT2D eigenvalue weighted by molar-refractivity contribution is 5.87. The highest BCUT2D eigenvalue weighted by Crippen LogP contribution is 2.14. The summed E-state index contributed by atoms with van der Waals surface area (Å²) in [6, 6.07) is 17.2. The van der Waals surface area contributed by atoms with Crippen LogP contribution in [0.4, 0.5) is 0 Å². The number of hydrogen-bond acceptors (Lipinski definition) is 3. The molecule has 0 saturated heterocycles. The first-order valence-electron chi connectivity index (χ1n) is 10.7. The van der Waals surface area contributed by atoms with Crippen LogP contribution in [0.15, 0.2) is 54.6 Å². The highest BCUT2D eigenvalue weighted by atomic mass is 16.5. The molecule has 5 heteroatoms. The van der Waals surface area contributed by atoms with E-state index in [2.05, 4.69) is 5.32 Å². The monoisotopic (exact) mass is 410 g/mol. The van der Waals surface area contributed by atoms with E-state index in [0.29, 0.717) is 26.0 Å². The summed E-state index contributed by atoms with van der Waals surface area (Å²) in [5.74, 6) is 0.632. The molecule has 2 unspecified atom stereocenters. The third-order valence-electron chi connectivity index (χ3n) is 5.19. The van der Waals surface area contributed by atoms with E-state index in [-0.39, 0.29) is 17.9 Å². The largest absolute Gasteiger partial charge is 0.494 e. The minimum absolute atomic E-state index is 0.0426. The van der Waals surface area contributed by atoms with Crippen LogP contribution in [0.1, 0.15) is 51.2 Å². The average Bonchev–Trinajstić information content (AvgIpc) is 2.76. The van der Waals surface area contributed by atoms with Gasteiger partial charge in [-0.1, -0.05) is 55.0 Å². The molecule has 30 heavy (non-hydrogen) atoms. The second-order valence-electron chi connectivity index (χ2n) is 7.77. The quantitative estimate of drug-likeness (QED) is 0.556. The molecule has 2 aromatic rings. The first kappa shape index (κ1) is 23.5. The topological polar surface area (TPSA) is 58.6 Å². The van der Waals surface area contributed by atoms with Crippen molar-refractivity contribution in [2.24, 2.45) is 0 Å². The molecule has 162 valence electrons. The second kappa shape index (κ2) is 12.0. The maximum Gasteiger partial charge on any atom is 0.242 e. The maximum atomic E-state index is 13.0. The number of carbonyl (C=O) groups is 2. The van der Waals surface area contributed by atoms with Crippen molar-refractivity contribution in [1.29, 1.82) is 0 Å². The van der Waals surface area contributed by atoms with Gasteiger partial charge in [-0.15, -0.1) is 0 Å². The molecule has 0 radical (unpaired) electrons. The van der Waals surface area contributed by atoms with E-state index in [9.17, 15) is 9.59 Å². The molecule has 2 aromatic carbocycles. The third kappa shape index (κ3) is 7.54. The molecule has 0 saturated carbocycles. The van der Waals surface area contributed by atoms with Gasteiger partial charge in [0.1, 0.15) is 11.8 Å². The Morgan fingerprint density at radius 2 is 1.70 bits per heavy atom.